The van der Waals surface area contributed by atoms with E-state index in [2.05, 4.69) is 10.6 Å². The molecule has 2 amide bonds. The minimum absolute atomic E-state index is 0.141. The van der Waals surface area contributed by atoms with E-state index in [9.17, 15) is 13.2 Å². The standard InChI is InChI=1S/C11H16N2O4S/c1-2-9-4-3-5-10(8-9)13-11(14)12-6-7-18(15,16)17/h3-5,8H,2,6-7H2,1H3,(H2,12,13,14)(H,15,16,17). The van der Waals surface area contributed by atoms with Gasteiger partial charge in [0.25, 0.3) is 10.1 Å². The Kier molecular flexibility index (Phi) is 5.11. The maximum absolute atomic E-state index is 11.4. The molecule has 7 heteroatoms. The zero-order valence-electron chi connectivity index (χ0n) is 10.0. The molecule has 6 nitrogen and oxygen atoms in total. The van der Waals surface area contributed by atoms with E-state index in [1.54, 1.807) is 6.07 Å². The molecule has 100 valence electrons. The van der Waals surface area contributed by atoms with Crippen molar-refractivity contribution < 1.29 is 17.8 Å². The van der Waals surface area contributed by atoms with Gasteiger partial charge in [-0.05, 0) is 24.1 Å². The molecule has 0 saturated carbocycles. The molecule has 0 aromatic heterocycles. The third kappa shape index (κ3) is 5.65. The van der Waals surface area contributed by atoms with Crippen LogP contribution in [0, 0.1) is 0 Å². The van der Waals surface area contributed by atoms with Gasteiger partial charge in [-0.15, -0.1) is 0 Å². The number of carbonyl (C=O) groups excluding carboxylic acids is 1. The molecular formula is C11H16N2O4S. The molecule has 1 aromatic carbocycles. The average molecular weight is 272 g/mol. The fraction of sp³-hybridized carbons (Fsp3) is 0.364. The highest BCUT2D eigenvalue weighted by Crippen LogP contribution is 2.10. The quantitative estimate of drug-likeness (QED) is 0.703. The monoisotopic (exact) mass is 272 g/mol. The van der Waals surface area contributed by atoms with Crippen LogP contribution in [0.25, 0.3) is 0 Å². The van der Waals surface area contributed by atoms with E-state index in [4.69, 9.17) is 4.55 Å². The number of amides is 2. The van der Waals surface area contributed by atoms with Crippen molar-refractivity contribution in [1.29, 1.82) is 0 Å². The lowest BCUT2D eigenvalue weighted by atomic mass is 10.1. The molecule has 0 radical (unpaired) electrons. The second-order valence-electron chi connectivity index (χ2n) is 3.72. The molecule has 0 bridgehead atoms. The molecular weight excluding hydrogens is 256 g/mol. The number of anilines is 1. The molecule has 0 aliphatic carbocycles. The van der Waals surface area contributed by atoms with Gasteiger partial charge in [-0.25, -0.2) is 4.79 Å². The molecule has 0 aliphatic rings. The van der Waals surface area contributed by atoms with E-state index in [0.717, 1.165) is 12.0 Å². The highest BCUT2D eigenvalue weighted by atomic mass is 32.2. The summed E-state index contributed by atoms with van der Waals surface area (Å²) in [6.45, 7) is 1.86. The van der Waals surface area contributed by atoms with Gasteiger partial charge in [0.15, 0.2) is 0 Å². The lowest BCUT2D eigenvalue weighted by molar-refractivity contribution is 0.252. The Morgan fingerprint density at radius 2 is 2.11 bits per heavy atom. The fourth-order valence-corrected chi connectivity index (χ4v) is 1.70. The number of aryl methyl sites for hydroxylation is 1. The molecule has 18 heavy (non-hydrogen) atoms. The molecule has 1 rings (SSSR count). The van der Waals surface area contributed by atoms with E-state index >= 15 is 0 Å². The second-order valence-corrected chi connectivity index (χ2v) is 5.29. The highest BCUT2D eigenvalue weighted by molar-refractivity contribution is 7.85. The van der Waals surface area contributed by atoms with Crippen molar-refractivity contribution in [1.82, 2.24) is 5.32 Å². The molecule has 3 N–H and O–H groups in total. The number of benzene rings is 1. The summed E-state index contributed by atoms with van der Waals surface area (Å²) >= 11 is 0. The Balaban J connectivity index is 2.44. The summed E-state index contributed by atoms with van der Waals surface area (Å²) < 4.78 is 29.4. The van der Waals surface area contributed by atoms with Gasteiger partial charge in [0.1, 0.15) is 0 Å². The Morgan fingerprint density at radius 1 is 1.39 bits per heavy atom. The van der Waals surface area contributed by atoms with Crippen molar-refractivity contribution in [2.24, 2.45) is 0 Å². The Bertz CT molecular complexity index is 514. The van der Waals surface area contributed by atoms with Crippen LogP contribution in [0.2, 0.25) is 0 Å². The van der Waals surface area contributed by atoms with Crippen LogP contribution in [0.15, 0.2) is 24.3 Å². The SMILES string of the molecule is CCc1cccc(NC(=O)NCCS(=O)(=O)O)c1. The number of rotatable bonds is 5. The van der Waals surface area contributed by atoms with Crippen LogP contribution >= 0.6 is 0 Å². The zero-order valence-corrected chi connectivity index (χ0v) is 10.8. The van der Waals surface area contributed by atoms with Gasteiger partial charge in [-0.2, -0.15) is 8.42 Å². The summed E-state index contributed by atoms with van der Waals surface area (Å²) in [5.41, 5.74) is 1.73. The first kappa shape index (κ1) is 14.5. The molecule has 0 atom stereocenters. The number of hydrogen-bond donors (Lipinski definition) is 3. The van der Waals surface area contributed by atoms with Crippen molar-refractivity contribution in [3.05, 3.63) is 29.8 Å². The average Bonchev–Trinajstić information content (AvgIpc) is 2.27. The Morgan fingerprint density at radius 3 is 2.72 bits per heavy atom. The van der Waals surface area contributed by atoms with Gasteiger partial charge in [0, 0.05) is 12.2 Å². The van der Waals surface area contributed by atoms with Crippen LogP contribution in [0.5, 0.6) is 0 Å². The first-order valence-corrected chi connectivity index (χ1v) is 7.10. The van der Waals surface area contributed by atoms with Crippen LogP contribution < -0.4 is 10.6 Å². The van der Waals surface area contributed by atoms with Crippen molar-refractivity contribution in [2.45, 2.75) is 13.3 Å². The maximum Gasteiger partial charge on any atom is 0.319 e. The van der Waals surface area contributed by atoms with Crippen LogP contribution in [-0.2, 0) is 16.5 Å². The van der Waals surface area contributed by atoms with Gasteiger partial charge in [0.2, 0.25) is 0 Å². The van der Waals surface area contributed by atoms with Crippen LogP contribution in [0.1, 0.15) is 12.5 Å². The van der Waals surface area contributed by atoms with Crippen LogP contribution in [-0.4, -0.2) is 31.3 Å². The third-order valence-corrected chi connectivity index (χ3v) is 2.96. The summed E-state index contributed by atoms with van der Waals surface area (Å²) in [7, 11) is -4.05. The summed E-state index contributed by atoms with van der Waals surface area (Å²) in [5, 5.41) is 4.91. The third-order valence-electron chi connectivity index (χ3n) is 2.24. The van der Waals surface area contributed by atoms with Gasteiger partial charge >= 0.3 is 6.03 Å². The van der Waals surface area contributed by atoms with Gasteiger partial charge in [0.05, 0.1) is 5.75 Å². The first-order chi connectivity index (χ1) is 8.40. The smallest absolute Gasteiger partial charge is 0.319 e. The number of nitrogens with one attached hydrogen (secondary N) is 2. The molecule has 0 heterocycles. The summed E-state index contributed by atoms with van der Waals surface area (Å²) in [6.07, 6.45) is 0.861. The summed E-state index contributed by atoms with van der Waals surface area (Å²) in [4.78, 5) is 11.4. The minimum atomic E-state index is -4.05. The molecule has 0 saturated heterocycles. The van der Waals surface area contributed by atoms with Gasteiger partial charge < -0.3 is 10.6 Å². The zero-order chi connectivity index (χ0) is 13.6. The molecule has 0 aliphatic heterocycles. The molecule has 1 aromatic rings. The maximum atomic E-state index is 11.4. The van der Waals surface area contributed by atoms with Crippen molar-refractivity contribution in [3.63, 3.8) is 0 Å². The highest BCUT2D eigenvalue weighted by Gasteiger charge is 2.06. The lowest BCUT2D eigenvalue weighted by Gasteiger charge is -2.07. The second kappa shape index (κ2) is 6.36. The van der Waals surface area contributed by atoms with Gasteiger partial charge in [-0.1, -0.05) is 19.1 Å². The Hall–Kier alpha value is -1.60. The molecule has 0 unspecified atom stereocenters. The Labute approximate surface area is 106 Å². The predicted octanol–water partition coefficient (Wildman–Crippen LogP) is 1.26. The number of carbonyl (C=O) groups is 1. The molecule has 0 spiro atoms. The van der Waals surface area contributed by atoms with Gasteiger partial charge in [-0.3, -0.25) is 4.55 Å². The topological polar surface area (TPSA) is 95.5 Å². The molecule has 0 fully saturated rings. The lowest BCUT2D eigenvalue weighted by Crippen LogP contribution is -2.32. The van der Waals surface area contributed by atoms with Crippen molar-refractivity contribution >= 4 is 21.8 Å². The van der Waals surface area contributed by atoms with Crippen molar-refractivity contribution in [3.8, 4) is 0 Å². The van der Waals surface area contributed by atoms with Crippen LogP contribution in [0.3, 0.4) is 0 Å². The van der Waals surface area contributed by atoms with Crippen molar-refractivity contribution in [2.75, 3.05) is 17.6 Å². The minimum Gasteiger partial charge on any atom is -0.337 e. The van der Waals surface area contributed by atoms with E-state index in [0.29, 0.717) is 5.69 Å². The summed E-state index contributed by atoms with van der Waals surface area (Å²) in [5.74, 6) is -0.505. The van der Waals surface area contributed by atoms with E-state index < -0.39 is 21.9 Å². The normalized spacial score (nSPS) is 11.0. The van der Waals surface area contributed by atoms with Crippen LogP contribution in [0.4, 0.5) is 10.5 Å². The predicted molar refractivity (Wildman–Crippen MR) is 69.3 cm³/mol. The fourth-order valence-electron chi connectivity index (χ4n) is 1.34. The van der Waals surface area contributed by atoms with E-state index in [1.165, 1.54) is 0 Å². The number of hydrogen-bond acceptors (Lipinski definition) is 3. The first-order valence-electron chi connectivity index (χ1n) is 5.49. The number of urea groups is 1. The summed E-state index contributed by atoms with van der Waals surface area (Å²) in [6, 6.07) is 6.84. The van der Waals surface area contributed by atoms with E-state index in [-0.39, 0.29) is 6.54 Å². The van der Waals surface area contributed by atoms with E-state index in [1.807, 2.05) is 25.1 Å². The largest absolute Gasteiger partial charge is 0.337 e.